The van der Waals surface area contributed by atoms with E-state index in [-0.39, 0.29) is 24.3 Å². The molecule has 0 fully saturated rings. The van der Waals surface area contributed by atoms with Gasteiger partial charge in [0.05, 0.1) is 11.5 Å². The van der Waals surface area contributed by atoms with Crippen LogP contribution in [0.3, 0.4) is 0 Å². The minimum atomic E-state index is -1.06. The van der Waals surface area contributed by atoms with Crippen molar-refractivity contribution in [1.82, 2.24) is 5.32 Å². The zero-order chi connectivity index (χ0) is 16.2. The minimum Gasteiger partial charge on any atom is -0.481 e. The van der Waals surface area contributed by atoms with E-state index >= 15 is 0 Å². The summed E-state index contributed by atoms with van der Waals surface area (Å²) in [7, 11) is 0. The van der Waals surface area contributed by atoms with E-state index in [4.69, 9.17) is 5.11 Å². The fraction of sp³-hybridized carbons (Fsp3) is 0.529. The maximum Gasteiger partial charge on any atom is 0.309 e. The van der Waals surface area contributed by atoms with Crippen molar-refractivity contribution in [2.75, 3.05) is 0 Å². The number of benzene rings is 1. The van der Waals surface area contributed by atoms with Crippen molar-refractivity contribution in [3.05, 3.63) is 35.4 Å². The number of hydrogen-bond acceptors (Lipinski definition) is 2. The molecule has 0 bridgehead atoms. The van der Waals surface area contributed by atoms with Crippen LogP contribution < -0.4 is 5.32 Å². The average molecular weight is 291 g/mol. The van der Waals surface area contributed by atoms with Crippen LogP contribution in [0.4, 0.5) is 0 Å². The Morgan fingerprint density at radius 2 is 1.81 bits per heavy atom. The summed E-state index contributed by atoms with van der Waals surface area (Å²) >= 11 is 0. The highest BCUT2D eigenvalue weighted by molar-refractivity contribution is 5.84. The molecule has 0 spiro atoms. The number of carbonyl (C=O) groups excluding carboxylic acids is 1. The van der Waals surface area contributed by atoms with Gasteiger partial charge in [-0.05, 0) is 37.8 Å². The maximum atomic E-state index is 12.2. The molecule has 0 radical (unpaired) electrons. The van der Waals surface area contributed by atoms with Crippen LogP contribution in [0.2, 0.25) is 0 Å². The van der Waals surface area contributed by atoms with Crippen LogP contribution in [0.1, 0.15) is 51.3 Å². The van der Waals surface area contributed by atoms with Crippen molar-refractivity contribution in [3.63, 3.8) is 0 Å². The van der Waals surface area contributed by atoms with E-state index in [1.165, 1.54) is 0 Å². The number of hydrogen-bond donors (Lipinski definition) is 2. The van der Waals surface area contributed by atoms with Crippen molar-refractivity contribution < 1.29 is 14.7 Å². The van der Waals surface area contributed by atoms with Gasteiger partial charge in [0, 0.05) is 6.42 Å². The summed E-state index contributed by atoms with van der Waals surface area (Å²) in [6.45, 7) is 9.22. The van der Waals surface area contributed by atoms with Crippen molar-refractivity contribution in [2.45, 2.75) is 47.1 Å². The topological polar surface area (TPSA) is 66.4 Å². The fourth-order valence-electron chi connectivity index (χ4n) is 2.24. The Morgan fingerprint density at radius 1 is 1.24 bits per heavy atom. The minimum absolute atomic E-state index is 0.0303. The molecule has 1 aromatic rings. The van der Waals surface area contributed by atoms with Crippen molar-refractivity contribution in [3.8, 4) is 0 Å². The Hall–Kier alpha value is -1.84. The third-order valence-corrected chi connectivity index (χ3v) is 3.69. The first-order valence-corrected chi connectivity index (χ1v) is 7.23. The maximum absolute atomic E-state index is 12.2. The van der Waals surface area contributed by atoms with Crippen LogP contribution in [0.15, 0.2) is 24.3 Å². The number of amides is 1. The lowest BCUT2D eigenvalue weighted by Gasteiger charge is -2.26. The highest BCUT2D eigenvalue weighted by atomic mass is 16.4. The molecule has 0 heterocycles. The Balaban J connectivity index is 2.88. The molecule has 0 saturated heterocycles. The highest BCUT2D eigenvalue weighted by Crippen LogP contribution is 2.26. The van der Waals surface area contributed by atoms with Gasteiger partial charge >= 0.3 is 5.97 Å². The summed E-state index contributed by atoms with van der Waals surface area (Å²) < 4.78 is 0. The number of aryl methyl sites for hydroxylation is 1. The van der Waals surface area contributed by atoms with Gasteiger partial charge in [0.1, 0.15) is 0 Å². The zero-order valence-corrected chi connectivity index (χ0v) is 13.4. The Kier molecular flexibility index (Phi) is 5.53. The molecule has 0 aliphatic heterocycles. The van der Waals surface area contributed by atoms with Crippen molar-refractivity contribution in [1.29, 1.82) is 0 Å². The van der Waals surface area contributed by atoms with Crippen LogP contribution in [0.25, 0.3) is 0 Å². The van der Waals surface area contributed by atoms with E-state index in [0.717, 1.165) is 11.1 Å². The molecule has 1 unspecified atom stereocenters. The molecular formula is C17H25NO3. The summed E-state index contributed by atoms with van der Waals surface area (Å²) in [6, 6.07) is 7.82. The van der Waals surface area contributed by atoms with E-state index in [0.29, 0.717) is 0 Å². The number of carboxylic acids is 1. The third-order valence-electron chi connectivity index (χ3n) is 3.69. The van der Waals surface area contributed by atoms with E-state index in [1.807, 2.05) is 45.0 Å². The molecule has 0 aromatic heterocycles. The second-order valence-corrected chi connectivity index (χ2v) is 6.51. The predicted molar refractivity (Wildman–Crippen MR) is 82.9 cm³/mol. The van der Waals surface area contributed by atoms with Gasteiger partial charge in [0.2, 0.25) is 5.91 Å². The van der Waals surface area contributed by atoms with E-state index in [9.17, 15) is 9.59 Å². The largest absolute Gasteiger partial charge is 0.481 e. The first-order chi connectivity index (χ1) is 9.65. The lowest BCUT2D eigenvalue weighted by Crippen LogP contribution is -2.37. The quantitative estimate of drug-likeness (QED) is 0.845. The van der Waals surface area contributed by atoms with Gasteiger partial charge in [-0.15, -0.1) is 0 Å². The molecule has 0 saturated carbocycles. The van der Waals surface area contributed by atoms with Crippen LogP contribution >= 0.6 is 0 Å². The molecule has 2 N–H and O–H groups in total. The van der Waals surface area contributed by atoms with Gasteiger partial charge in [0.15, 0.2) is 0 Å². The fourth-order valence-corrected chi connectivity index (χ4v) is 2.24. The number of rotatable bonds is 6. The number of nitrogens with one attached hydrogen (secondary N) is 1. The van der Waals surface area contributed by atoms with Crippen molar-refractivity contribution in [2.24, 2.45) is 11.3 Å². The molecular weight excluding hydrogens is 266 g/mol. The molecule has 4 nitrogen and oxygen atoms in total. The number of aliphatic carboxylic acids is 1. The normalized spacial score (nSPS) is 13.0. The third kappa shape index (κ3) is 4.59. The Bertz CT molecular complexity index is 521. The Morgan fingerprint density at radius 3 is 2.29 bits per heavy atom. The van der Waals surface area contributed by atoms with E-state index in [1.54, 1.807) is 13.8 Å². The molecule has 1 rings (SSSR count). The molecule has 1 amide bonds. The van der Waals surface area contributed by atoms with Crippen molar-refractivity contribution >= 4 is 11.9 Å². The van der Waals surface area contributed by atoms with Gasteiger partial charge in [-0.2, -0.15) is 0 Å². The first kappa shape index (κ1) is 17.2. The second kappa shape index (κ2) is 6.74. The summed E-state index contributed by atoms with van der Waals surface area (Å²) in [5, 5.41) is 12.1. The molecule has 1 atom stereocenters. The SMILES string of the molecule is Cc1ccccc1C(NC(=O)CC(C)(C)C(=O)O)C(C)C. The smallest absolute Gasteiger partial charge is 0.309 e. The standard InChI is InChI=1S/C17H25NO3/c1-11(2)15(13-9-7-6-8-12(13)3)18-14(19)10-17(4,5)16(20)21/h6-9,11,15H,10H2,1-5H3,(H,18,19)(H,20,21). The summed E-state index contributed by atoms with van der Waals surface area (Å²) in [6.07, 6.45) is -0.0303. The van der Waals surface area contributed by atoms with E-state index < -0.39 is 11.4 Å². The van der Waals surface area contributed by atoms with E-state index in [2.05, 4.69) is 5.32 Å². The van der Waals surface area contributed by atoms with Gasteiger partial charge in [-0.25, -0.2) is 0 Å². The predicted octanol–water partition coefficient (Wildman–Crippen LogP) is 3.31. The van der Waals surface area contributed by atoms with Crippen LogP contribution in [0, 0.1) is 18.3 Å². The summed E-state index contributed by atoms with van der Waals surface area (Å²) in [5.74, 6) is -0.970. The number of carbonyl (C=O) groups is 2. The van der Waals surface area contributed by atoms with Crippen LogP contribution in [-0.4, -0.2) is 17.0 Å². The van der Waals surface area contributed by atoms with Gasteiger partial charge < -0.3 is 10.4 Å². The van der Waals surface area contributed by atoms with Gasteiger partial charge in [-0.3, -0.25) is 9.59 Å². The summed E-state index contributed by atoms with van der Waals surface area (Å²) in [4.78, 5) is 23.3. The Labute approximate surface area is 126 Å². The highest BCUT2D eigenvalue weighted by Gasteiger charge is 2.31. The lowest BCUT2D eigenvalue weighted by atomic mass is 9.88. The number of carboxylic acid groups (broad SMARTS) is 1. The molecule has 4 heteroatoms. The van der Waals surface area contributed by atoms with Crippen LogP contribution in [-0.2, 0) is 9.59 Å². The molecule has 116 valence electrons. The average Bonchev–Trinajstić information content (AvgIpc) is 2.36. The zero-order valence-electron chi connectivity index (χ0n) is 13.4. The van der Waals surface area contributed by atoms with Gasteiger partial charge in [0.25, 0.3) is 0 Å². The molecule has 1 aromatic carbocycles. The lowest BCUT2D eigenvalue weighted by molar-refractivity contribution is -0.149. The first-order valence-electron chi connectivity index (χ1n) is 7.23. The molecule has 0 aliphatic rings. The summed E-state index contributed by atoms with van der Waals surface area (Å²) in [5.41, 5.74) is 1.14. The van der Waals surface area contributed by atoms with Crippen LogP contribution in [0.5, 0.6) is 0 Å². The monoisotopic (exact) mass is 291 g/mol. The second-order valence-electron chi connectivity index (χ2n) is 6.51. The van der Waals surface area contributed by atoms with Gasteiger partial charge in [-0.1, -0.05) is 38.1 Å². The molecule has 0 aliphatic carbocycles. The molecule has 21 heavy (non-hydrogen) atoms.